The van der Waals surface area contributed by atoms with Gasteiger partial charge in [-0.25, -0.2) is 0 Å². The molecule has 0 N–H and O–H groups in total. The second kappa shape index (κ2) is 11.9. The summed E-state index contributed by atoms with van der Waals surface area (Å²) in [4.78, 5) is 11.4. The Morgan fingerprint density at radius 1 is 0.941 bits per heavy atom. The van der Waals surface area contributed by atoms with Gasteiger partial charge in [0.25, 0.3) is 0 Å². The number of hydrogen-bond acceptors (Lipinski definition) is 2. The summed E-state index contributed by atoms with van der Waals surface area (Å²) in [6.45, 7) is 6.22. The lowest BCUT2D eigenvalue weighted by Crippen LogP contribution is -2.13. The molecule has 0 radical (unpaired) electrons. The summed E-state index contributed by atoms with van der Waals surface area (Å²) in [5.41, 5.74) is 0. The van der Waals surface area contributed by atoms with Crippen LogP contribution in [-0.2, 0) is 9.53 Å². The summed E-state index contributed by atoms with van der Waals surface area (Å²) < 4.78 is 5.22. The molecule has 2 nitrogen and oxygen atoms in total. The molecule has 0 spiro atoms. The molecular formula is C15H30O2. The minimum atomic E-state index is -0.0228. The van der Waals surface area contributed by atoms with Gasteiger partial charge >= 0.3 is 5.97 Å². The van der Waals surface area contributed by atoms with Gasteiger partial charge in [-0.1, -0.05) is 58.8 Å². The van der Waals surface area contributed by atoms with Gasteiger partial charge in [-0.15, -0.1) is 0 Å². The highest BCUT2D eigenvalue weighted by Gasteiger charge is 2.06. The second-order valence-corrected chi connectivity index (χ2v) is 4.93. The molecule has 0 saturated carbocycles. The normalized spacial score (nSPS) is 12.4. The van der Waals surface area contributed by atoms with Crippen LogP contribution in [0.3, 0.4) is 0 Å². The van der Waals surface area contributed by atoms with E-state index in [1.54, 1.807) is 0 Å². The van der Waals surface area contributed by atoms with Crippen LogP contribution in [0.25, 0.3) is 0 Å². The van der Waals surface area contributed by atoms with Crippen molar-refractivity contribution in [2.45, 2.75) is 91.1 Å². The SMILES string of the molecule is CCCCCCCCCCC(=O)OC(C)CC. The van der Waals surface area contributed by atoms with Gasteiger partial charge in [-0.2, -0.15) is 0 Å². The third kappa shape index (κ3) is 11.7. The Hall–Kier alpha value is -0.530. The highest BCUT2D eigenvalue weighted by molar-refractivity contribution is 5.69. The van der Waals surface area contributed by atoms with Crippen LogP contribution in [0.1, 0.15) is 85.0 Å². The maximum Gasteiger partial charge on any atom is 0.306 e. The van der Waals surface area contributed by atoms with E-state index in [0.717, 1.165) is 12.8 Å². The molecule has 0 heterocycles. The first-order chi connectivity index (χ1) is 8.20. The number of hydrogen-bond donors (Lipinski definition) is 0. The molecular weight excluding hydrogens is 212 g/mol. The molecule has 0 aliphatic rings. The fourth-order valence-electron chi connectivity index (χ4n) is 1.77. The summed E-state index contributed by atoms with van der Waals surface area (Å²) in [5, 5.41) is 0. The molecule has 0 aliphatic heterocycles. The topological polar surface area (TPSA) is 26.3 Å². The van der Waals surface area contributed by atoms with Crippen LogP contribution in [0.4, 0.5) is 0 Å². The number of rotatable bonds is 11. The predicted molar refractivity (Wildman–Crippen MR) is 73.1 cm³/mol. The van der Waals surface area contributed by atoms with Gasteiger partial charge in [0, 0.05) is 6.42 Å². The maximum absolute atomic E-state index is 11.4. The summed E-state index contributed by atoms with van der Waals surface area (Å²) in [7, 11) is 0. The van der Waals surface area contributed by atoms with Gasteiger partial charge in [0.05, 0.1) is 6.10 Å². The van der Waals surface area contributed by atoms with Gasteiger partial charge in [0.15, 0.2) is 0 Å². The lowest BCUT2D eigenvalue weighted by atomic mass is 10.1. The van der Waals surface area contributed by atoms with E-state index in [1.165, 1.54) is 44.9 Å². The number of esters is 1. The van der Waals surface area contributed by atoms with Gasteiger partial charge in [0.1, 0.15) is 0 Å². The largest absolute Gasteiger partial charge is 0.463 e. The maximum atomic E-state index is 11.4. The van der Waals surface area contributed by atoms with Crippen LogP contribution in [0.15, 0.2) is 0 Å². The van der Waals surface area contributed by atoms with E-state index in [9.17, 15) is 4.79 Å². The summed E-state index contributed by atoms with van der Waals surface area (Å²) in [6, 6.07) is 0. The Kier molecular flexibility index (Phi) is 11.6. The van der Waals surface area contributed by atoms with Crippen molar-refractivity contribution in [2.24, 2.45) is 0 Å². The molecule has 0 aromatic carbocycles. The van der Waals surface area contributed by atoms with Gasteiger partial charge in [-0.05, 0) is 19.8 Å². The highest BCUT2D eigenvalue weighted by Crippen LogP contribution is 2.10. The van der Waals surface area contributed by atoms with Crippen LogP contribution in [0.2, 0.25) is 0 Å². The molecule has 0 rings (SSSR count). The van der Waals surface area contributed by atoms with Crippen molar-refractivity contribution < 1.29 is 9.53 Å². The number of ether oxygens (including phenoxy) is 1. The van der Waals surface area contributed by atoms with Gasteiger partial charge in [0.2, 0.25) is 0 Å². The van der Waals surface area contributed by atoms with Gasteiger partial charge in [-0.3, -0.25) is 4.79 Å². The average Bonchev–Trinajstić information content (AvgIpc) is 2.32. The van der Waals surface area contributed by atoms with Crippen molar-refractivity contribution >= 4 is 5.97 Å². The van der Waals surface area contributed by atoms with Crippen molar-refractivity contribution in [1.29, 1.82) is 0 Å². The Morgan fingerprint density at radius 2 is 1.47 bits per heavy atom. The van der Waals surface area contributed by atoms with E-state index < -0.39 is 0 Å². The standard InChI is InChI=1S/C15H30O2/c1-4-6-7-8-9-10-11-12-13-15(16)17-14(3)5-2/h14H,4-13H2,1-3H3. The summed E-state index contributed by atoms with van der Waals surface area (Å²) in [6.07, 6.45) is 11.7. The van der Waals surface area contributed by atoms with E-state index in [0.29, 0.717) is 6.42 Å². The Morgan fingerprint density at radius 3 is 2.00 bits per heavy atom. The van der Waals surface area contributed by atoms with E-state index in [-0.39, 0.29) is 12.1 Å². The van der Waals surface area contributed by atoms with E-state index in [2.05, 4.69) is 6.92 Å². The van der Waals surface area contributed by atoms with E-state index in [1.807, 2.05) is 13.8 Å². The first kappa shape index (κ1) is 16.5. The molecule has 0 aromatic rings. The van der Waals surface area contributed by atoms with Crippen molar-refractivity contribution in [3.63, 3.8) is 0 Å². The minimum Gasteiger partial charge on any atom is -0.463 e. The lowest BCUT2D eigenvalue weighted by molar-refractivity contribution is -0.148. The Balaban J connectivity index is 3.19. The van der Waals surface area contributed by atoms with Crippen molar-refractivity contribution in [3.05, 3.63) is 0 Å². The van der Waals surface area contributed by atoms with Crippen molar-refractivity contribution in [2.75, 3.05) is 0 Å². The molecule has 0 amide bonds. The summed E-state index contributed by atoms with van der Waals surface area (Å²) in [5.74, 6) is -0.0228. The van der Waals surface area contributed by atoms with Crippen LogP contribution in [0, 0.1) is 0 Å². The zero-order valence-electron chi connectivity index (χ0n) is 12.0. The smallest absolute Gasteiger partial charge is 0.306 e. The molecule has 0 fully saturated rings. The molecule has 1 atom stereocenters. The molecule has 0 aromatic heterocycles. The fraction of sp³-hybridized carbons (Fsp3) is 0.933. The van der Waals surface area contributed by atoms with Crippen LogP contribution in [0.5, 0.6) is 0 Å². The number of carbonyl (C=O) groups is 1. The quantitative estimate of drug-likeness (QED) is 0.382. The van der Waals surface area contributed by atoms with Crippen LogP contribution in [-0.4, -0.2) is 12.1 Å². The van der Waals surface area contributed by atoms with Crippen LogP contribution < -0.4 is 0 Å². The highest BCUT2D eigenvalue weighted by atomic mass is 16.5. The summed E-state index contributed by atoms with van der Waals surface area (Å²) >= 11 is 0. The first-order valence-electron chi connectivity index (χ1n) is 7.40. The first-order valence-corrected chi connectivity index (χ1v) is 7.40. The monoisotopic (exact) mass is 242 g/mol. The third-order valence-electron chi connectivity index (χ3n) is 3.14. The van der Waals surface area contributed by atoms with Crippen molar-refractivity contribution in [3.8, 4) is 0 Å². The Labute approximate surface area is 107 Å². The molecule has 2 heteroatoms. The molecule has 0 saturated heterocycles. The fourth-order valence-corrected chi connectivity index (χ4v) is 1.77. The molecule has 102 valence electrons. The number of carbonyl (C=O) groups excluding carboxylic acids is 1. The predicted octanol–water partition coefficient (Wildman–Crippen LogP) is 4.86. The molecule has 1 unspecified atom stereocenters. The zero-order chi connectivity index (χ0) is 12.9. The second-order valence-electron chi connectivity index (χ2n) is 4.93. The van der Waals surface area contributed by atoms with Crippen molar-refractivity contribution in [1.82, 2.24) is 0 Å². The zero-order valence-corrected chi connectivity index (χ0v) is 12.0. The molecule has 0 aliphatic carbocycles. The third-order valence-corrected chi connectivity index (χ3v) is 3.14. The van der Waals surface area contributed by atoms with E-state index in [4.69, 9.17) is 4.74 Å². The number of unbranched alkanes of at least 4 members (excludes halogenated alkanes) is 7. The molecule has 0 bridgehead atoms. The van der Waals surface area contributed by atoms with Crippen LogP contribution >= 0.6 is 0 Å². The van der Waals surface area contributed by atoms with E-state index >= 15 is 0 Å². The molecule has 17 heavy (non-hydrogen) atoms. The Bertz CT molecular complexity index is 178. The minimum absolute atomic E-state index is 0.0228. The van der Waals surface area contributed by atoms with Gasteiger partial charge < -0.3 is 4.74 Å². The lowest BCUT2D eigenvalue weighted by Gasteiger charge is -2.10. The average molecular weight is 242 g/mol.